The lowest BCUT2D eigenvalue weighted by atomic mass is 10.1. The second-order valence-electron chi connectivity index (χ2n) is 6.84. The number of benzene rings is 1. The van der Waals surface area contributed by atoms with Gasteiger partial charge in [0.05, 0.1) is 18.7 Å². The molecule has 136 valence electrons. The molecule has 0 aromatic heterocycles. The van der Waals surface area contributed by atoms with Gasteiger partial charge in [-0.3, -0.25) is 0 Å². The molecular weight excluding hydrogens is 320 g/mol. The Morgan fingerprint density at radius 3 is 2.60 bits per heavy atom. The van der Waals surface area contributed by atoms with Crippen LogP contribution < -0.4 is 16.0 Å². The third-order valence-corrected chi connectivity index (χ3v) is 4.77. The van der Waals surface area contributed by atoms with E-state index in [1.165, 1.54) is 0 Å². The fourth-order valence-electron chi connectivity index (χ4n) is 3.08. The van der Waals surface area contributed by atoms with Gasteiger partial charge in [0.25, 0.3) is 0 Å². The van der Waals surface area contributed by atoms with E-state index in [0.29, 0.717) is 12.6 Å². The van der Waals surface area contributed by atoms with Crippen LogP contribution in [0.15, 0.2) is 24.3 Å². The van der Waals surface area contributed by atoms with Crippen LogP contribution in [0.4, 0.5) is 15.3 Å². The molecule has 1 heterocycles. The van der Waals surface area contributed by atoms with Crippen molar-refractivity contribution >= 4 is 17.7 Å². The first-order valence-corrected chi connectivity index (χ1v) is 8.92. The normalized spacial score (nSPS) is 20.9. The van der Waals surface area contributed by atoms with Crippen molar-refractivity contribution in [2.45, 2.75) is 50.7 Å². The second-order valence-corrected chi connectivity index (χ2v) is 6.84. The van der Waals surface area contributed by atoms with Gasteiger partial charge in [-0.1, -0.05) is 12.1 Å². The average molecular weight is 346 g/mol. The molecule has 4 amide bonds. The number of nitrogens with one attached hydrogen (secondary N) is 3. The lowest BCUT2D eigenvalue weighted by Crippen LogP contribution is -2.44. The van der Waals surface area contributed by atoms with Gasteiger partial charge in [-0.25, -0.2) is 9.59 Å². The van der Waals surface area contributed by atoms with E-state index in [1.807, 2.05) is 31.2 Å². The number of carbonyl (C=O) groups is 2. The van der Waals surface area contributed by atoms with E-state index in [4.69, 9.17) is 0 Å². The minimum atomic E-state index is -0.180. The monoisotopic (exact) mass is 346 g/mol. The Kier molecular flexibility index (Phi) is 5.43. The SMILES string of the molecule is CC(NC(=O)N1CCCC1CO)c1ccc(NC(=O)NC2CC2)cc1. The van der Waals surface area contributed by atoms with Crippen molar-refractivity contribution in [3.63, 3.8) is 0 Å². The van der Waals surface area contributed by atoms with Crippen LogP contribution in [-0.2, 0) is 0 Å². The molecule has 2 unspecified atom stereocenters. The summed E-state index contributed by atoms with van der Waals surface area (Å²) in [6.45, 7) is 2.61. The number of anilines is 1. The Morgan fingerprint density at radius 1 is 1.24 bits per heavy atom. The van der Waals surface area contributed by atoms with E-state index < -0.39 is 0 Å². The molecule has 4 N–H and O–H groups in total. The number of amides is 4. The van der Waals surface area contributed by atoms with Crippen LogP contribution in [0.2, 0.25) is 0 Å². The first-order valence-electron chi connectivity index (χ1n) is 8.92. The smallest absolute Gasteiger partial charge is 0.319 e. The van der Waals surface area contributed by atoms with Gasteiger partial charge in [0, 0.05) is 18.3 Å². The zero-order valence-electron chi connectivity index (χ0n) is 14.5. The quantitative estimate of drug-likeness (QED) is 0.658. The summed E-state index contributed by atoms with van der Waals surface area (Å²) in [7, 11) is 0. The summed E-state index contributed by atoms with van der Waals surface area (Å²) in [6, 6.07) is 7.22. The number of nitrogens with zero attached hydrogens (tertiary/aromatic N) is 1. The van der Waals surface area contributed by atoms with Crippen molar-refractivity contribution in [1.82, 2.24) is 15.5 Å². The second kappa shape index (κ2) is 7.74. The summed E-state index contributed by atoms with van der Waals surface area (Å²) >= 11 is 0. The first kappa shape index (κ1) is 17.5. The fourth-order valence-corrected chi connectivity index (χ4v) is 3.08. The van der Waals surface area contributed by atoms with Crippen LogP contribution in [-0.4, -0.2) is 47.3 Å². The van der Waals surface area contributed by atoms with Crippen molar-refractivity contribution < 1.29 is 14.7 Å². The summed E-state index contributed by atoms with van der Waals surface area (Å²) in [5, 5.41) is 18.0. The molecule has 0 spiro atoms. The summed E-state index contributed by atoms with van der Waals surface area (Å²) in [5.74, 6) is 0. The molecule has 7 nitrogen and oxygen atoms in total. The van der Waals surface area contributed by atoms with Crippen molar-refractivity contribution in [2.75, 3.05) is 18.5 Å². The molecule has 2 atom stereocenters. The molecule has 25 heavy (non-hydrogen) atoms. The average Bonchev–Trinajstić information content (AvgIpc) is 3.27. The highest BCUT2D eigenvalue weighted by Gasteiger charge is 2.28. The number of carbonyl (C=O) groups excluding carboxylic acids is 2. The third-order valence-electron chi connectivity index (χ3n) is 4.77. The Balaban J connectivity index is 1.52. The molecule has 1 aromatic carbocycles. The lowest BCUT2D eigenvalue weighted by Gasteiger charge is -2.25. The molecule has 1 aliphatic heterocycles. The van der Waals surface area contributed by atoms with E-state index in [0.717, 1.165) is 36.9 Å². The van der Waals surface area contributed by atoms with Crippen LogP contribution >= 0.6 is 0 Å². The number of rotatable bonds is 5. The van der Waals surface area contributed by atoms with E-state index in [-0.39, 0.29) is 30.8 Å². The van der Waals surface area contributed by atoms with Gasteiger partial charge >= 0.3 is 12.1 Å². The minimum Gasteiger partial charge on any atom is -0.394 e. The standard InChI is InChI=1S/C18H26N4O3/c1-12(19-18(25)22-10-2-3-16(22)11-23)13-4-6-14(7-5-13)20-17(24)21-15-8-9-15/h4-7,12,15-16,23H,2-3,8-11H2,1H3,(H,19,25)(H2,20,21,24). The van der Waals surface area contributed by atoms with Crippen molar-refractivity contribution in [3.8, 4) is 0 Å². The highest BCUT2D eigenvalue weighted by molar-refractivity contribution is 5.89. The Morgan fingerprint density at radius 2 is 1.96 bits per heavy atom. The van der Waals surface area contributed by atoms with Gasteiger partial charge in [0.15, 0.2) is 0 Å². The zero-order valence-corrected chi connectivity index (χ0v) is 14.5. The molecule has 3 rings (SSSR count). The van der Waals surface area contributed by atoms with Crippen LogP contribution in [0, 0.1) is 0 Å². The predicted octanol–water partition coefficient (Wildman–Crippen LogP) is 2.20. The number of urea groups is 2. The highest BCUT2D eigenvalue weighted by Crippen LogP contribution is 2.21. The number of hydrogen-bond acceptors (Lipinski definition) is 3. The van der Waals surface area contributed by atoms with E-state index >= 15 is 0 Å². The molecule has 0 radical (unpaired) electrons. The van der Waals surface area contributed by atoms with E-state index in [1.54, 1.807) is 4.90 Å². The molecule has 1 aliphatic carbocycles. The van der Waals surface area contributed by atoms with Crippen LogP contribution in [0.1, 0.15) is 44.2 Å². The van der Waals surface area contributed by atoms with Crippen molar-refractivity contribution in [2.24, 2.45) is 0 Å². The summed E-state index contributed by atoms with van der Waals surface area (Å²) in [5.41, 5.74) is 1.68. The maximum atomic E-state index is 12.4. The van der Waals surface area contributed by atoms with Crippen LogP contribution in [0.25, 0.3) is 0 Å². The number of aliphatic hydroxyl groups is 1. The van der Waals surface area contributed by atoms with Crippen molar-refractivity contribution in [1.29, 1.82) is 0 Å². The molecule has 2 aliphatic rings. The fraction of sp³-hybridized carbons (Fsp3) is 0.556. The topological polar surface area (TPSA) is 93.7 Å². The van der Waals surface area contributed by atoms with Crippen LogP contribution in [0.5, 0.6) is 0 Å². The van der Waals surface area contributed by atoms with Crippen LogP contribution in [0.3, 0.4) is 0 Å². The summed E-state index contributed by atoms with van der Waals surface area (Å²) in [4.78, 5) is 25.8. The van der Waals surface area contributed by atoms with Gasteiger partial charge in [-0.2, -0.15) is 0 Å². The summed E-state index contributed by atoms with van der Waals surface area (Å²) < 4.78 is 0. The minimum absolute atomic E-state index is 0.00505. The van der Waals surface area contributed by atoms with Crippen molar-refractivity contribution in [3.05, 3.63) is 29.8 Å². The Bertz CT molecular complexity index is 615. The van der Waals surface area contributed by atoms with Gasteiger partial charge in [0.1, 0.15) is 0 Å². The van der Waals surface area contributed by atoms with Gasteiger partial charge in [-0.05, 0) is 50.3 Å². The zero-order chi connectivity index (χ0) is 17.8. The van der Waals surface area contributed by atoms with Gasteiger partial charge in [0.2, 0.25) is 0 Å². The lowest BCUT2D eigenvalue weighted by molar-refractivity contribution is 0.155. The molecule has 1 saturated heterocycles. The highest BCUT2D eigenvalue weighted by atomic mass is 16.3. The molecule has 1 aromatic rings. The Hall–Kier alpha value is -2.28. The van der Waals surface area contributed by atoms with Gasteiger partial charge in [-0.15, -0.1) is 0 Å². The molecular formula is C18H26N4O3. The molecule has 1 saturated carbocycles. The first-order chi connectivity index (χ1) is 12.1. The maximum absolute atomic E-state index is 12.4. The summed E-state index contributed by atoms with van der Waals surface area (Å²) in [6.07, 6.45) is 3.88. The van der Waals surface area contributed by atoms with E-state index in [9.17, 15) is 14.7 Å². The Labute approximate surface area is 147 Å². The van der Waals surface area contributed by atoms with Gasteiger partial charge < -0.3 is 26.0 Å². The number of hydrogen-bond donors (Lipinski definition) is 4. The molecule has 7 heteroatoms. The van der Waals surface area contributed by atoms with E-state index in [2.05, 4.69) is 16.0 Å². The largest absolute Gasteiger partial charge is 0.394 e. The molecule has 2 fully saturated rings. The maximum Gasteiger partial charge on any atom is 0.319 e. The number of aliphatic hydroxyl groups excluding tert-OH is 1. The molecule has 0 bridgehead atoms. The predicted molar refractivity (Wildman–Crippen MR) is 95.4 cm³/mol. The third kappa shape index (κ3) is 4.63. The number of likely N-dealkylation sites (tertiary alicyclic amines) is 1.